The summed E-state index contributed by atoms with van der Waals surface area (Å²) in [7, 11) is -1.19. The molecule has 2 aliphatic heterocycles. The maximum atomic E-state index is 2.52. The Kier molecular flexibility index (Phi) is 8.43. The minimum atomic E-state index is -1.19. The average molecular weight is 607 g/mol. The number of rotatable bonds is 1. The zero-order valence-electron chi connectivity index (χ0n) is 21.4. The summed E-state index contributed by atoms with van der Waals surface area (Å²) < 4.78 is 2.48. The van der Waals surface area contributed by atoms with Crippen LogP contribution in [0.15, 0.2) is 90.5 Å². The molecule has 1 nitrogen and oxygen atoms in total. The van der Waals surface area contributed by atoms with Crippen molar-refractivity contribution < 1.29 is 51.0 Å². The third kappa shape index (κ3) is 4.23. The number of benzene rings is 3. The molecule has 0 amide bonds. The minimum absolute atomic E-state index is 0. The normalized spacial score (nSPS) is 16.2. The largest absolute Gasteiger partial charge is 3.00 e. The molecule has 5 heteroatoms. The van der Waals surface area contributed by atoms with Gasteiger partial charge in [-0.05, 0) is 43.0 Å². The second-order valence-corrected chi connectivity index (χ2v) is 14.8. The van der Waals surface area contributed by atoms with Gasteiger partial charge in [-0.3, -0.25) is 0 Å². The quantitative estimate of drug-likeness (QED) is 0.204. The summed E-state index contributed by atoms with van der Waals surface area (Å²) in [6.45, 7) is 11.8. The third-order valence-corrected chi connectivity index (χ3v) is 11.8. The van der Waals surface area contributed by atoms with Crippen molar-refractivity contribution in [2.75, 3.05) is 0 Å². The van der Waals surface area contributed by atoms with Gasteiger partial charge in [-0.25, -0.2) is 0 Å². The number of aromatic nitrogens is 1. The van der Waals surface area contributed by atoms with Crippen LogP contribution in [0.5, 0.6) is 0 Å². The fourth-order valence-corrected chi connectivity index (χ4v) is 10.9. The number of aryl methyl sites for hydroxylation is 2. The molecule has 1 aliphatic carbocycles. The first kappa shape index (κ1) is 28.8. The average Bonchev–Trinajstić information content (AvgIpc) is 3.48. The maximum Gasteiger partial charge on any atom is 3.00 e. The molecule has 4 aromatic carbocycles. The van der Waals surface area contributed by atoms with Gasteiger partial charge in [-0.1, -0.05) is 84.7 Å². The van der Waals surface area contributed by atoms with Gasteiger partial charge in [0.15, 0.2) is 0 Å². The van der Waals surface area contributed by atoms with Gasteiger partial charge in [0.25, 0.3) is 0 Å². The Labute approximate surface area is 246 Å². The molecule has 1 radical (unpaired) electrons. The first-order chi connectivity index (χ1) is 15.9. The molecule has 3 aliphatic rings. The van der Waals surface area contributed by atoms with Gasteiger partial charge in [-0.2, -0.15) is 6.07 Å². The molecular weight excluding hydrogens is 577 g/mol. The van der Waals surface area contributed by atoms with Crippen molar-refractivity contribution in [1.82, 2.24) is 4.57 Å². The van der Waals surface area contributed by atoms with Crippen molar-refractivity contribution in [1.29, 1.82) is 0 Å². The van der Waals surface area contributed by atoms with Crippen molar-refractivity contribution in [3.8, 4) is 5.69 Å². The molecule has 0 saturated carbocycles. The SMILES string of the molecule is CC1=C2c3cc(C)n(-c4ccccc4)c3C1[Si]2(C)C.Cc1cc2c(ccc3ccccc32)[cH-]1.[Cl-].[Cl-].[Zr+3]. The van der Waals surface area contributed by atoms with Crippen molar-refractivity contribution in [3.05, 3.63) is 113 Å². The molecule has 0 saturated heterocycles. The summed E-state index contributed by atoms with van der Waals surface area (Å²) in [6.07, 6.45) is 0. The van der Waals surface area contributed by atoms with Crippen LogP contribution in [0.25, 0.3) is 32.4 Å². The van der Waals surface area contributed by atoms with Gasteiger partial charge < -0.3 is 29.4 Å². The number of nitrogens with zero attached hydrogens (tertiary/aromatic N) is 1. The number of hydrogen-bond donors (Lipinski definition) is 0. The summed E-state index contributed by atoms with van der Waals surface area (Å²) in [5.41, 5.74) is 9.55. The maximum absolute atomic E-state index is 2.52. The van der Waals surface area contributed by atoms with Crippen molar-refractivity contribution in [2.24, 2.45) is 0 Å². The van der Waals surface area contributed by atoms with Gasteiger partial charge in [0.2, 0.25) is 0 Å². The molecule has 1 aromatic heterocycles. The molecule has 1 unspecified atom stereocenters. The van der Waals surface area contributed by atoms with Crippen LogP contribution in [-0.4, -0.2) is 12.6 Å². The van der Waals surface area contributed by atoms with E-state index < -0.39 is 8.07 Å². The third-order valence-electron chi connectivity index (χ3n) is 7.73. The van der Waals surface area contributed by atoms with Crippen molar-refractivity contribution in [3.63, 3.8) is 0 Å². The van der Waals surface area contributed by atoms with E-state index in [-0.39, 0.29) is 51.0 Å². The number of halogens is 2. The smallest absolute Gasteiger partial charge is 1.00 e. The molecule has 2 bridgehead atoms. The summed E-state index contributed by atoms with van der Waals surface area (Å²) in [4.78, 5) is 0. The Morgan fingerprint density at radius 3 is 2.14 bits per heavy atom. The molecular formula is C31H30Cl2NSiZr. The Balaban J connectivity index is 0.000000192. The van der Waals surface area contributed by atoms with E-state index in [0.29, 0.717) is 0 Å². The first-order valence-electron chi connectivity index (χ1n) is 11.9. The number of fused-ring (bicyclic) bond motifs is 3. The van der Waals surface area contributed by atoms with E-state index in [4.69, 9.17) is 0 Å². The van der Waals surface area contributed by atoms with E-state index >= 15 is 0 Å². The van der Waals surface area contributed by atoms with Gasteiger partial charge in [-0.15, -0.1) is 28.5 Å². The van der Waals surface area contributed by atoms with Crippen LogP contribution in [-0.2, 0) is 26.2 Å². The topological polar surface area (TPSA) is 4.93 Å². The first-order valence-corrected chi connectivity index (χ1v) is 15.0. The molecule has 1 atom stereocenters. The predicted octanol–water partition coefficient (Wildman–Crippen LogP) is 2.48. The van der Waals surface area contributed by atoms with Gasteiger partial charge >= 0.3 is 26.2 Å². The molecule has 36 heavy (non-hydrogen) atoms. The van der Waals surface area contributed by atoms with E-state index in [1.165, 1.54) is 38.5 Å². The van der Waals surface area contributed by atoms with E-state index in [2.05, 4.69) is 123 Å². The summed E-state index contributed by atoms with van der Waals surface area (Å²) in [5, 5.41) is 7.13. The summed E-state index contributed by atoms with van der Waals surface area (Å²) >= 11 is 0. The summed E-state index contributed by atoms with van der Waals surface area (Å²) in [5.74, 6) is 0. The number of hydrogen-bond acceptors (Lipinski definition) is 0. The molecule has 8 rings (SSSR count). The van der Waals surface area contributed by atoms with Crippen molar-refractivity contribution in [2.45, 2.75) is 39.4 Å². The molecule has 3 heterocycles. The zero-order valence-corrected chi connectivity index (χ0v) is 26.3. The van der Waals surface area contributed by atoms with Crippen LogP contribution in [0.4, 0.5) is 0 Å². The van der Waals surface area contributed by atoms with Crippen LogP contribution in [0.2, 0.25) is 13.1 Å². The minimum Gasteiger partial charge on any atom is -1.00 e. The van der Waals surface area contributed by atoms with Gasteiger partial charge in [0, 0.05) is 22.6 Å². The molecule has 0 fully saturated rings. The molecule has 181 valence electrons. The standard InChI is InChI=1S/C17H19NSi.C14H11.2ClH.Zr/c1-11-10-14-15(17-12(2)16(14)19(17,3)4)18(11)13-8-6-5-7-9-13;1-10-8-12-7-6-11-4-2-3-5-13(11)14(12)9-10;;;/h5-10,17H,1-4H3;2-9H,1H3;2*1H;/q;-1;;;+3/p-2. The van der Waals surface area contributed by atoms with Crippen LogP contribution in [0.3, 0.4) is 0 Å². The predicted molar refractivity (Wildman–Crippen MR) is 145 cm³/mol. The number of para-hydroxylation sites is 1. The van der Waals surface area contributed by atoms with Gasteiger partial charge in [0.1, 0.15) is 0 Å². The van der Waals surface area contributed by atoms with E-state index in [1.807, 2.05) is 0 Å². The van der Waals surface area contributed by atoms with E-state index in [9.17, 15) is 0 Å². The van der Waals surface area contributed by atoms with Crippen LogP contribution in [0.1, 0.15) is 35.0 Å². The van der Waals surface area contributed by atoms with Crippen LogP contribution >= 0.6 is 0 Å². The monoisotopic (exact) mass is 604 g/mol. The zero-order chi connectivity index (χ0) is 22.9. The number of allylic oxidation sites excluding steroid dienone is 1. The summed E-state index contributed by atoms with van der Waals surface area (Å²) in [6, 6.07) is 30.6. The second-order valence-electron chi connectivity index (χ2n) is 10.3. The fourth-order valence-electron chi connectivity index (χ4n) is 6.54. The Bertz CT molecular complexity index is 1580. The van der Waals surface area contributed by atoms with Crippen molar-refractivity contribution >= 4 is 34.8 Å². The Morgan fingerprint density at radius 2 is 1.44 bits per heavy atom. The second kappa shape index (κ2) is 10.5. The molecule has 0 N–H and O–H groups in total. The van der Waals surface area contributed by atoms with E-state index in [0.717, 1.165) is 5.54 Å². The van der Waals surface area contributed by atoms with E-state index in [1.54, 1.807) is 22.0 Å². The molecule has 0 spiro atoms. The van der Waals surface area contributed by atoms with Gasteiger partial charge in [0.05, 0.1) is 8.07 Å². The fraction of sp³-hybridized carbons (Fsp3) is 0.194. The Morgan fingerprint density at radius 1 is 0.778 bits per heavy atom. The van der Waals surface area contributed by atoms with Crippen LogP contribution in [0, 0.1) is 13.8 Å². The molecule has 5 aromatic rings. The van der Waals surface area contributed by atoms with Crippen LogP contribution < -0.4 is 24.8 Å². The Hall–Kier alpha value is -1.77.